The first-order valence-corrected chi connectivity index (χ1v) is 9.68. The van der Waals surface area contributed by atoms with Crippen LogP contribution in [0.15, 0.2) is 18.2 Å². The van der Waals surface area contributed by atoms with Gasteiger partial charge in [0, 0.05) is 57.7 Å². The fourth-order valence-electron chi connectivity index (χ4n) is 4.40. The highest BCUT2D eigenvalue weighted by molar-refractivity contribution is 5.12. The summed E-state index contributed by atoms with van der Waals surface area (Å²) in [5.41, 5.74) is 2.27. The second-order valence-electron chi connectivity index (χ2n) is 7.91. The topological polar surface area (TPSA) is 43.8 Å². The first-order valence-electron chi connectivity index (χ1n) is 9.68. The van der Waals surface area contributed by atoms with E-state index in [4.69, 9.17) is 14.2 Å². The summed E-state index contributed by atoms with van der Waals surface area (Å²) in [7, 11) is 0. The van der Waals surface area contributed by atoms with Crippen LogP contribution in [0.4, 0.5) is 0 Å². The lowest BCUT2D eigenvalue weighted by atomic mass is 9.81. The van der Waals surface area contributed by atoms with Gasteiger partial charge in [0.2, 0.25) is 0 Å². The summed E-state index contributed by atoms with van der Waals surface area (Å²) in [5, 5.41) is 0. The SMILES string of the molecule is Cc1cccc(CN2CC3(C2)OCC[C@@H]3COCC2CCOCC2)n1. The average Bonchev–Trinajstić information content (AvgIpc) is 2.99. The Morgan fingerprint density at radius 2 is 2.00 bits per heavy atom. The molecule has 25 heavy (non-hydrogen) atoms. The molecule has 138 valence electrons. The van der Waals surface area contributed by atoms with Crippen LogP contribution < -0.4 is 0 Å². The third kappa shape index (κ3) is 4.05. The molecule has 0 radical (unpaired) electrons. The number of likely N-dealkylation sites (tertiary alicyclic amines) is 1. The third-order valence-corrected chi connectivity index (χ3v) is 5.93. The first-order chi connectivity index (χ1) is 12.2. The smallest absolute Gasteiger partial charge is 0.0985 e. The molecule has 0 saturated carbocycles. The molecule has 3 fully saturated rings. The molecule has 0 amide bonds. The highest BCUT2D eigenvalue weighted by atomic mass is 16.5. The van der Waals surface area contributed by atoms with Crippen molar-refractivity contribution < 1.29 is 14.2 Å². The fraction of sp³-hybridized carbons (Fsp3) is 0.750. The quantitative estimate of drug-likeness (QED) is 0.791. The van der Waals surface area contributed by atoms with Gasteiger partial charge in [-0.25, -0.2) is 0 Å². The minimum absolute atomic E-state index is 0.0273. The Bertz CT molecular complexity index is 568. The number of aryl methyl sites for hydroxylation is 1. The zero-order valence-electron chi connectivity index (χ0n) is 15.3. The number of ether oxygens (including phenoxy) is 3. The third-order valence-electron chi connectivity index (χ3n) is 5.93. The largest absolute Gasteiger partial charge is 0.381 e. The molecule has 5 nitrogen and oxygen atoms in total. The molecule has 5 heteroatoms. The van der Waals surface area contributed by atoms with E-state index in [0.29, 0.717) is 11.8 Å². The summed E-state index contributed by atoms with van der Waals surface area (Å²) in [4.78, 5) is 7.06. The zero-order chi connectivity index (χ0) is 17.1. The van der Waals surface area contributed by atoms with Gasteiger partial charge >= 0.3 is 0 Å². The number of hydrogen-bond acceptors (Lipinski definition) is 5. The molecule has 0 unspecified atom stereocenters. The second-order valence-corrected chi connectivity index (χ2v) is 7.91. The van der Waals surface area contributed by atoms with Crippen molar-refractivity contribution >= 4 is 0 Å². The number of pyridine rings is 1. The van der Waals surface area contributed by atoms with Gasteiger partial charge in [0.15, 0.2) is 0 Å². The predicted molar refractivity (Wildman–Crippen MR) is 95.4 cm³/mol. The van der Waals surface area contributed by atoms with Gasteiger partial charge in [-0.15, -0.1) is 0 Å². The molecule has 3 saturated heterocycles. The highest BCUT2D eigenvalue weighted by Gasteiger charge is 2.52. The van der Waals surface area contributed by atoms with Crippen molar-refractivity contribution in [1.82, 2.24) is 9.88 Å². The Hall–Kier alpha value is -1.01. The average molecular weight is 346 g/mol. The lowest BCUT2D eigenvalue weighted by Crippen LogP contribution is -2.64. The summed E-state index contributed by atoms with van der Waals surface area (Å²) in [6.45, 7) is 9.37. The fourth-order valence-corrected chi connectivity index (χ4v) is 4.40. The Labute approximate surface area is 150 Å². The van der Waals surface area contributed by atoms with Crippen molar-refractivity contribution in [3.8, 4) is 0 Å². The highest BCUT2D eigenvalue weighted by Crippen LogP contribution is 2.40. The zero-order valence-corrected chi connectivity index (χ0v) is 15.3. The number of hydrogen-bond donors (Lipinski definition) is 0. The Morgan fingerprint density at radius 3 is 2.80 bits per heavy atom. The maximum Gasteiger partial charge on any atom is 0.0985 e. The minimum Gasteiger partial charge on any atom is -0.381 e. The molecular weight excluding hydrogens is 316 g/mol. The van der Waals surface area contributed by atoms with Gasteiger partial charge in [0.1, 0.15) is 0 Å². The first kappa shape index (κ1) is 17.4. The van der Waals surface area contributed by atoms with Gasteiger partial charge in [-0.05, 0) is 44.2 Å². The second kappa shape index (κ2) is 7.70. The Morgan fingerprint density at radius 1 is 1.16 bits per heavy atom. The van der Waals surface area contributed by atoms with Crippen LogP contribution in [-0.2, 0) is 20.8 Å². The molecule has 1 atom stereocenters. The van der Waals surface area contributed by atoms with E-state index in [0.717, 1.165) is 83.3 Å². The molecule has 1 spiro atoms. The van der Waals surface area contributed by atoms with E-state index >= 15 is 0 Å². The summed E-state index contributed by atoms with van der Waals surface area (Å²) >= 11 is 0. The molecule has 4 heterocycles. The number of aromatic nitrogens is 1. The monoisotopic (exact) mass is 346 g/mol. The van der Waals surface area contributed by atoms with Crippen LogP contribution >= 0.6 is 0 Å². The molecule has 3 aliphatic heterocycles. The number of nitrogens with zero attached hydrogens (tertiary/aromatic N) is 2. The van der Waals surface area contributed by atoms with E-state index in [2.05, 4.69) is 22.0 Å². The van der Waals surface area contributed by atoms with Crippen LogP contribution in [0.5, 0.6) is 0 Å². The van der Waals surface area contributed by atoms with Crippen LogP contribution in [0, 0.1) is 18.8 Å². The van der Waals surface area contributed by atoms with Crippen LogP contribution in [0.25, 0.3) is 0 Å². The van der Waals surface area contributed by atoms with Gasteiger partial charge in [0.05, 0.1) is 17.9 Å². The van der Waals surface area contributed by atoms with Crippen LogP contribution in [0.3, 0.4) is 0 Å². The lowest BCUT2D eigenvalue weighted by molar-refractivity contribution is -0.147. The van der Waals surface area contributed by atoms with Crippen molar-refractivity contribution in [1.29, 1.82) is 0 Å². The molecule has 1 aromatic rings. The maximum absolute atomic E-state index is 6.16. The summed E-state index contributed by atoms with van der Waals surface area (Å²) < 4.78 is 17.7. The maximum atomic E-state index is 6.16. The van der Waals surface area contributed by atoms with Crippen molar-refractivity contribution in [2.24, 2.45) is 11.8 Å². The molecule has 0 N–H and O–H groups in total. The van der Waals surface area contributed by atoms with Gasteiger partial charge in [-0.1, -0.05) is 6.07 Å². The molecule has 0 aromatic carbocycles. The lowest BCUT2D eigenvalue weighted by Gasteiger charge is -2.50. The van der Waals surface area contributed by atoms with Gasteiger partial charge < -0.3 is 14.2 Å². The van der Waals surface area contributed by atoms with E-state index in [1.54, 1.807) is 0 Å². The van der Waals surface area contributed by atoms with E-state index in [-0.39, 0.29) is 5.60 Å². The van der Waals surface area contributed by atoms with Crippen molar-refractivity contribution in [2.75, 3.05) is 46.1 Å². The van der Waals surface area contributed by atoms with Crippen molar-refractivity contribution in [2.45, 2.75) is 38.3 Å². The van der Waals surface area contributed by atoms with Crippen molar-refractivity contribution in [3.05, 3.63) is 29.6 Å². The molecule has 0 bridgehead atoms. The van der Waals surface area contributed by atoms with Gasteiger partial charge in [0.25, 0.3) is 0 Å². The summed E-state index contributed by atoms with van der Waals surface area (Å²) in [5.74, 6) is 1.21. The predicted octanol–water partition coefficient (Wildman–Crippen LogP) is 2.42. The van der Waals surface area contributed by atoms with Crippen molar-refractivity contribution in [3.63, 3.8) is 0 Å². The summed E-state index contributed by atoms with van der Waals surface area (Å²) in [6.07, 6.45) is 3.41. The van der Waals surface area contributed by atoms with E-state index in [9.17, 15) is 0 Å². The Balaban J connectivity index is 1.23. The van der Waals surface area contributed by atoms with Gasteiger partial charge in [-0.2, -0.15) is 0 Å². The van der Waals surface area contributed by atoms with Crippen LogP contribution in [0.1, 0.15) is 30.7 Å². The minimum atomic E-state index is 0.0273. The molecule has 3 aliphatic rings. The molecule has 0 aliphatic carbocycles. The normalized spacial score (nSPS) is 26.8. The Kier molecular flexibility index (Phi) is 5.36. The van der Waals surface area contributed by atoms with Crippen LogP contribution in [-0.4, -0.2) is 61.6 Å². The number of rotatable bonds is 6. The molecule has 4 rings (SSSR count). The van der Waals surface area contributed by atoms with Gasteiger partial charge in [-0.3, -0.25) is 9.88 Å². The van der Waals surface area contributed by atoms with E-state index in [1.165, 1.54) is 0 Å². The summed E-state index contributed by atoms with van der Waals surface area (Å²) in [6, 6.07) is 6.25. The van der Waals surface area contributed by atoms with Crippen LogP contribution in [0.2, 0.25) is 0 Å². The van der Waals surface area contributed by atoms with E-state index in [1.807, 2.05) is 13.0 Å². The molecular formula is C20H30N2O3. The molecule has 1 aromatic heterocycles. The van der Waals surface area contributed by atoms with E-state index < -0.39 is 0 Å². The standard InChI is InChI=1S/C20H30N2O3/c1-16-3-2-4-19(21-16)11-22-14-20(15-22)18(7-10-25-20)13-24-12-17-5-8-23-9-6-17/h2-4,17-18H,5-15H2,1H3/t18-/m1/s1.